The minimum Gasteiger partial charge on any atom is -0.461 e. The number of rotatable bonds is 7. The summed E-state index contributed by atoms with van der Waals surface area (Å²) in [6.45, 7) is 4.86. The highest BCUT2D eigenvalue weighted by Crippen LogP contribution is 2.47. The Morgan fingerprint density at radius 1 is 1.40 bits per heavy atom. The number of carbonyl (C=O) groups is 1. The molecule has 0 N–H and O–H groups in total. The molecule has 0 spiro atoms. The highest BCUT2D eigenvalue weighted by atomic mass is 32.2. The maximum absolute atomic E-state index is 12.6. The Bertz CT molecular complexity index is 749. The van der Waals surface area contributed by atoms with E-state index in [9.17, 15) is 13.2 Å². The van der Waals surface area contributed by atoms with Crippen molar-refractivity contribution in [2.75, 3.05) is 18.1 Å². The van der Waals surface area contributed by atoms with Gasteiger partial charge in [-0.15, -0.1) is 0 Å². The van der Waals surface area contributed by atoms with Gasteiger partial charge >= 0.3 is 0 Å². The van der Waals surface area contributed by atoms with Crippen LogP contribution in [0, 0.1) is 5.92 Å². The van der Waals surface area contributed by atoms with E-state index in [1.807, 2.05) is 12.1 Å². The number of carbonyl (C=O) groups excluding carboxylic acids is 1. The fourth-order valence-corrected chi connectivity index (χ4v) is 5.18. The molecular formula is C19H27NO4S. The lowest BCUT2D eigenvalue weighted by Gasteiger charge is -2.27. The van der Waals surface area contributed by atoms with Gasteiger partial charge in [-0.3, -0.25) is 4.79 Å². The Morgan fingerprint density at radius 2 is 2.16 bits per heavy atom. The summed E-state index contributed by atoms with van der Waals surface area (Å²) in [5, 5.41) is 0. The molecule has 1 aromatic rings. The lowest BCUT2D eigenvalue weighted by molar-refractivity contribution is -0.127. The number of unbranched alkanes of at least 4 members (excludes halogenated alkanes) is 1. The van der Waals surface area contributed by atoms with Gasteiger partial charge in [0.1, 0.15) is 11.5 Å². The molecular weight excluding hydrogens is 338 g/mol. The molecule has 3 rings (SSSR count). The van der Waals surface area contributed by atoms with E-state index in [4.69, 9.17) is 4.42 Å². The van der Waals surface area contributed by atoms with Crippen molar-refractivity contribution < 1.29 is 17.6 Å². The molecule has 3 atom stereocenters. The zero-order valence-electron chi connectivity index (χ0n) is 15.0. The number of sulfone groups is 1. The summed E-state index contributed by atoms with van der Waals surface area (Å²) in [4.78, 5) is 14.3. The maximum atomic E-state index is 12.6. The summed E-state index contributed by atoms with van der Waals surface area (Å²) < 4.78 is 29.3. The molecule has 1 aliphatic carbocycles. The van der Waals surface area contributed by atoms with Gasteiger partial charge < -0.3 is 9.32 Å². The first kappa shape index (κ1) is 18.2. The van der Waals surface area contributed by atoms with Crippen LogP contribution in [0.25, 0.3) is 6.08 Å². The Kier molecular flexibility index (Phi) is 5.37. The van der Waals surface area contributed by atoms with Gasteiger partial charge in [0.15, 0.2) is 9.84 Å². The van der Waals surface area contributed by atoms with Gasteiger partial charge in [0.2, 0.25) is 5.91 Å². The van der Waals surface area contributed by atoms with Crippen molar-refractivity contribution in [2.24, 2.45) is 5.92 Å². The van der Waals surface area contributed by atoms with Crippen molar-refractivity contribution in [1.29, 1.82) is 0 Å². The van der Waals surface area contributed by atoms with Crippen molar-refractivity contribution in [3.63, 3.8) is 0 Å². The molecule has 3 unspecified atom stereocenters. The van der Waals surface area contributed by atoms with Crippen LogP contribution in [0.3, 0.4) is 0 Å². The Hall–Kier alpha value is -1.56. The summed E-state index contributed by atoms with van der Waals surface area (Å²) in [6.07, 6.45) is 6.75. The molecule has 5 nitrogen and oxygen atoms in total. The van der Waals surface area contributed by atoms with E-state index in [0.29, 0.717) is 30.6 Å². The molecule has 138 valence electrons. The molecule has 1 amide bonds. The molecule has 1 saturated carbocycles. The normalized spacial score (nSPS) is 27.7. The Labute approximate surface area is 150 Å². The average molecular weight is 365 g/mol. The first-order chi connectivity index (χ1) is 11.9. The van der Waals surface area contributed by atoms with E-state index in [0.717, 1.165) is 25.0 Å². The molecule has 0 radical (unpaired) electrons. The average Bonchev–Trinajstić information content (AvgIpc) is 2.97. The number of hydrogen-bond acceptors (Lipinski definition) is 4. The lowest BCUT2D eigenvalue weighted by atomic mass is 10.2. The van der Waals surface area contributed by atoms with E-state index in [1.54, 1.807) is 11.0 Å². The standard InChI is InChI=1S/C19H27NO4S/c1-3-4-10-20(15-9-11-25(22,23)13-15)19(21)8-6-16-5-7-18(24-16)17-12-14(17)2/h5-8,14-15,17H,3-4,9-13H2,1-2H3/b8-6+. The van der Waals surface area contributed by atoms with Gasteiger partial charge in [-0.2, -0.15) is 0 Å². The van der Waals surface area contributed by atoms with Crippen LogP contribution in [-0.2, 0) is 14.6 Å². The van der Waals surface area contributed by atoms with Crippen molar-refractivity contribution in [3.05, 3.63) is 29.7 Å². The zero-order chi connectivity index (χ0) is 18.0. The van der Waals surface area contributed by atoms with Gasteiger partial charge in [-0.1, -0.05) is 20.3 Å². The Balaban J connectivity index is 1.66. The van der Waals surface area contributed by atoms with E-state index >= 15 is 0 Å². The summed E-state index contributed by atoms with van der Waals surface area (Å²) >= 11 is 0. The molecule has 25 heavy (non-hydrogen) atoms. The van der Waals surface area contributed by atoms with Crippen LogP contribution in [0.5, 0.6) is 0 Å². The van der Waals surface area contributed by atoms with Crippen LogP contribution in [0.15, 0.2) is 22.6 Å². The van der Waals surface area contributed by atoms with Crippen molar-refractivity contribution in [3.8, 4) is 0 Å². The molecule has 1 aliphatic heterocycles. The summed E-state index contributed by atoms with van der Waals surface area (Å²) in [7, 11) is -3.01. The molecule has 2 heterocycles. The first-order valence-corrected chi connectivity index (χ1v) is 11.0. The monoisotopic (exact) mass is 365 g/mol. The van der Waals surface area contributed by atoms with E-state index in [2.05, 4.69) is 13.8 Å². The van der Waals surface area contributed by atoms with E-state index in [1.165, 1.54) is 6.08 Å². The lowest BCUT2D eigenvalue weighted by Crippen LogP contribution is -2.40. The summed E-state index contributed by atoms with van der Waals surface area (Å²) in [5.41, 5.74) is 0. The number of hydrogen-bond donors (Lipinski definition) is 0. The number of nitrogens with zero attached hydrogens (tertiary/aromatic N) is 1. The zero-order valence-corrected chi connectivity index (χ0v) is 15.8. The smallest absolute Gasteiger partial charge is 0.246 e. The fraction of sp³-hybridized carbons (Fsp3) is 0.632. The topological polar surface area (TPSA) is 67.6 Å². The molecule has 2 aliphatic rings. The number of amides is 1. The van der Waals surface area contributed by atoms with Crippen LogP contribution in [0.1, 0.15) is 57.0 Å². The minimum atomic E-state index is -3.01. The van der Waals surface area contributed by atoms with Gasteiger partial charge in [-0.05, 0) is 43.4 Å². The molecule has 1 aromatic heterocycles. The summed E-state index contributed by atoms with van der Waals surface area (Å²) in [5.74, 6) is 3.00. The predicted octanol–water partition coefficient (Wildman–Crippen LogP) is 3.23. The first-order valence-electron chi connectivity index (χ1n) is 9.18. The Morgan fingerprint density at radius 3 is 2.76 bits per heavy atom. The van der Waals surface area contributed by atoms with Crippen molar-refractivity contribution >= 4 is 21.8 Å². The molecule has 0 aromatic carbocycles. The number of furan rings is 1. The molecule has 0 bridgehead atoms. The highest BCUT2D eigenvalue weighted by Gasteiger charge is 2.36. The third-order valence-electron chi connectivity index (χ3n) is 5.20. The summed E-state index contributed by atoms with van der Waals surface area (Å²) in [6, 6.07) is 3.67. The van der Waals surface area contributed by atoms with E-state index in [-0.39, 0.29) is 23.5 Å². The van der Waals surface area contributed by atoms with E-state index < -0.39 is 9.84 Å². The predicted molar refractivity (Wildman–Crippen MR) is 97.9 cm³/mol. The van der Waals surface area contributed by atoms with Crippen molar-refractivity contribution in [2.45, 2.75) is 51.5 Å². The molecule has 2 fully saturated rings. The minimum absolute atomic E-state index is 0.0841. The second kappa shape index (κ2) is 7.36. The van der Waals surface area contributed by atoms with Crippen LogP contribution in [0.2, 0.25) is 0 Å². The van der Waals surface area contributed by atoms with Crippen molar-refractivity contribution in [1.82, 2.24) is 4.90 Å². The second-order valence-corrected chi connectivity index (χ2v) is 9.56. The third kappa shape index (κ3) is 4.54. The van der Waals surface area contributed by atoms with Crippen LogP contribution in [-0.4, -0.2) is 43.3 Å². The molecule has 1 saturated heterocycles. The quantitative estimate of drug-likeness (QED) is 0.696. The van der Waals surface area contributed by atoms with Gasteiger partial charge in [-0.25, -0.2) is 8.42 Å². The van der Waals surface area contributed by atoms with Crippen LogP contribution in [0.4, 0.5) is 0 Å². The molecule has 6 heteroatoms. The van der Waals surface area contributed by atoms with Gasteiger partial charge in [0.05, 0.1) is 11.5 Å². The van der Waals surface area contributed by atoms with Crippen LogP contribution >= 0.6 is 0 Å². The SMILES string of the molecule is CCCCN(C(=O)/C=C/c1ccc(C2CC2C)o1)C1CCS(=O)(=O)C1. The highest BCUT2D eigenvalue weighted by molar-refractivity contribution is 7.91. The van der Waals surface area contributed by atoms with Gasteiger partial charge in [0, 0.05) is 24.6 Å². The fourth-order valence-electron chi connectivity index (χ4n) is 3.45. The third-order valence-corrected chi connectivity index (χ3v) is 6.95. The van der Waals surface area contributed by atoms with Gasteiger partial charge in [0.25, 0.3) is 0 Å². The largest absolute Gasteiger partial charge is 0.461 e. The van der Waals surface area contributed by atoms with Crippen LogP contribution < -0.4 is 0 Å². The second-order valence-electron chi connectivity index (χ2n) is 7.33. The maximum Gasteiger partial charge on any atom is 0.246 e.